The smallest absolute Gasteiger partial charge is 0.226 e. The molecule has 3 rings (SSSR count). The molecule has 0 aliphatic heterocycles. The Labute approximate surface area is 103 Å². The lowest BCUT2D eigenvalue weighted by Crippen LogP contribution is -1.80. The van der Waals surface area contributed by atoms with Crippen molar-refractivity contribution >= 4 is 5.82 Å². The summed E-state index contributed by atoms with van der Waals surface area (Å²) in [4.78, 5) is 4.27. The van der Waals surface area contributed by atoms with E-state index < -0.39 is 0 Å². The van der Waals surface area contributed by atoms with Crippen LogP contribution in [0.3, 0.4) is 0 Å². The molecule has 0 unspecified atom stereocenters. The zero-order valence-corrected chi connectivity index (χ0v) is 9.75. The van der Waals surface area contributed by atoms with Gasteiger partial charge in [0.05, 0.1) is 5.69 Å². The molecule has 0 saturated carbocycles. The fourth-order valence-corrected chi connectivity index (χ4v) is 1.69. The molecule has 90 valence electrons. The molecule has 2 N–H and O–H groups in total. The van der Waals surface area contributed by atoms with E-state index in [0.29, 0.717) is 17.5 Å². The van der Waals surface area contributed by atoms with E-state index in [-0.39, 0.29) is 0 Å². The summed E-state index contributed by atoms with van der Waals surface area (Å²) in [7, 11) is 0. The van der Waals surface area contributed by atoms with Crippen molar-refractivity contribution in [1.29, 1.82) is 0 Å². The second-order valence-electron chi connectivity index (χ2n) is 3.99. The first kappa shape index (κ1) is 10.6. The number of benzene rings is 1. The molecule has 5 heteroatoms. The van der Waals surface area contributed by atoms with Crippen LogP contribution in [0, 0.1) is 6.92 Å². The highest BCUT2D eigenvalue weighted by atomic mass is 16.5. The van der Waals surface area contributed by atoms with Crippen molar-refractivity contribution in [2.24, 2.45) is 0 Å². The highest BCUT2D eigenvalue weighted by Crippen LogP contribution is 2.25. The van der Waals surface area contributed by atoms with Gasteiger partial charge < -0.3 is 14.7 Å². The summed E-state index contributed by atoms with van der Waals surface area (Å²) >= 11 is 0. The van der Waals surface area contributed by atoms with E-state index in [0.717, 1.165) is 16.8 Å². The van der Waals surface area contributed by atoms with Crippen molar-refractivity contribution in [2.75, 3.05) is 5.73 Å². The van der Waals surface area contributed by atoms with E-state index in [1.54, 1.807) is 12.3 Å². The van der Waals surface area contributed by atoms with Crippen LogP contribution in [0.25, 0.3) is 22.8 Å². The normalized spacial score (nSPS) is 10.7. The number of anilines is 1. The van der Waals surface area contributed by atoms with Gasteiger partial charge in [-0.2, -0.15) is 0 Å². The fraction of sp³-hybridized carbons (Fsp3) is 0.0769. The summed E-state index contributed by atoms with van der Waals surface area (Å²) in [5.41, 5.74) is 8.19. The van der Waals surface area contributed by atoms with Gasteiger partial charge in [0, 0.05) is 17.2 Å². The van der Waals surface area contributed by atoms with Gasteiger partial charge >= 0.3 is 0 Å². The highest BCUT2D eigenvalue weighted by molar-refractivity contribution is 5.64. The Balaban J connectivity index is 1.94. The molecular formula is C13H11N3O2. The third-order valence-electron chi connectivity index (χ3n) is 2.56. The molecule has 1 aromatic carbocycles. The number of rotatable bonds is 2. The molecule has 0 spiro atoms. The quantitative estimate of drug-likeness (QED) is 0.746. The van der Waals surface area contributed by atoms with Crippen LogP contribution in [0.15, 0.2) is 45.5 Å². The van der Waals surface area contributed by atoms with Crippen molar-refractivity contribution in [3.63, 3.8) is 0 Å². The second-order valence-corrected chi connectivity index (χ2v) is 3.99. The van der Waals surface area contributed by atoms with Crippen molar-refractivity contribution in [3.05, 3.63) is 42.3 Å². The highest BCUT2D eigenvalue weighted by Gasteiger charge is 2.07. The first-order chi connectivity index (χ1) is 8.72. The third kappa shape index (κ3) is 1.86. The van der Waals surface area contributed by atoms with Gasteiger partial charge in [0.15, 0.2) is 11.6 Å². The van der Waals surface area contributed by atoms with Gasteiger partial charge in [-0.3, -0.25) is 0 Å². The number of nitrogens with zero attached hydrogens (tertiary/aromatic N) is 2. The van der Waals surface area contributed by atoms with Gasteiger partial charge in [-0.15, -0.1) is 0 Å². The lowest BCUT2D eigenvalue weighted by molar-refractivity contribution is 0.436. The zero-order valence-electron chi connectivity index (χ0n) is 9.75. The number of hydrogen-bond donors (Lipinski definition) is 1. The van der Waals surface area contributed by atoms with Crippen LogP contribution < -0.4 is 5.73 Å². The standard InChI is InChI=1S/C13H11N3O2/c1-8-7-17-13(15-8)10-4-2-9(3-5-10)11-6-12(14)16-18-11/h2-7H,1H3,(H2,14,16). The molecule has 0 bridgehead atoms. The molecule has 0 radical (unpaired) electrons. The molecule has 0 amide bonds. The average Bonchev–Trinajstić information content (AvgIpc) is 2.98. The zero-order chi connectivity index (χ0) is 12.5. The van der Waals surface area contributed by atoms with Gasteiger partial charge in [0.2, 0.25) is 5.89 Å². The SMILES string of the molecule is Cc1coc(-c2ccc(-c3cc(N)no3)cc2)n1. The third-order valence-corrected chi connectivity index (χ3v) is 2.56. The fourth-order valence-electron chi connectivity index (χ4n) is 1.69. The maximum Gasteiger partial charge on any atom is 0.226 e. The molecule has 0 saturated heterocycles. The van der Waals surface area contributed by atoms with Crippen LogP contribution >= 0.6 is 0 Å². The first-order valence-electron chi connectivity index (χ1n) is 5.47. The van der Waals surface area contributed by atoms with Gasteiger partial charge in [-0.25, -0.2) is 4.98 Å². The Morgan fingerprint density at radius 2 is 1.83 bits per heavy atom. The number of aryl methyl sites for hydroxylation is 1. The van der Waals surface area contributed by atoms with E-state index in [1.165, 1.54) is 0 Å². The topological polar surface area (TPSA) is 78.1 Å². The van der Waals surface area contributed by atoms with Crippen molar-refractivity contribution in [1.82, 2.24) is 10.1 Å². The summed E-state index contributed by atoms with van der Waals surface area (Å²) in [5.74, 6) is 1.62. The predicted molar refractivity (Wildman–Crippen MR) is 66.6 cm³/mol. The van der Waals surface area contributed by atoms with Crippen molar-refractivity contribution in [2.45, 2.75) is 6.92 Å². The second kappa shape index (κ2) is 4.03. The maximum atomic E-state index is 5.51. The van der Waals surface area contributed by atoms with Gasteiger partial charge in [0.25, 0.3) is 0 Å². The number of nitrogen functional groups attached to an aromatic ring is 1. The van der Waals surface area contributed by atoms with E-state index in [2.05, 4.69) is 10.1 Å². The number of aromatic nitrogens is 2. The molecular weight excluding hydrogens is 230 g/mol. The minimum absolute atomic E-state index is 0.373. The molecule has 18 heavy (non-hydrogen) atoms. The Morgan fingerprint density at radius 1 is 1.11 bits per heavy atom. The molecule has 2 aromatic heterocycles. The Bertz CT molecular complexity index is 608. The van der Waals surface area contributed by atoms with Crippen LogP contribution in [0.4, 0.5) is 5.82 Å². The monoisotopic (exact) mass is 241 g/mol. The molecule has 0 atom stereocenters. The van der Waals surface area contributed by atoms with Crippen LogP contribution in [0.2, 0.25) is 0 Å². The van der Waals surface area contributed by atoms with Crippen molar-refractivity contribution in [3.8, 4) is 22.8 Å². The molecule has 0 fully saturated rings. The summed E-state index contributed by atoms with van der Waals surface area (Å²) in [6.45, 7) is 1.89. The van der Waals surface area contributed by atoms with Gasteiger partial charge in [0.1, 0.15) is 6.26 Å². The maximum absolute atomic E-state index is 5.51. The summed E-state index contributed by atoms with van der Waals surface area (Å²) in [6, 6.07) is 9.34. The van der Waals surface area contributed by atoms with Crippen LogP contribution in [0.5, 0.6) is 0 Å². The first-order valence-corrected chi connectivity index (χ1v) is 5.47. The van der Waals surface area contributed by atoms with Gasteiger partial charge in [-0.1, -0.05) is 17.3 Å². The lowest BCUT2D eigenvalue weighted by atomic mass is 10.1. The summed E-state index contributed by atoms with van der Waals surface area (Å²) in [5, 5.41) is 3.65. The van der Waals surface area contributed by atoms with E-state index in [9.17, 15) is 0 Å². The van der Waals surface area contributed by atoms with E-state index >= 15 is 0 Å². The predicted octanol–water partition coefficient (Wildman–Crippen LogP) is 2.89. The van der Waals surface area contributed by atoms with Gasteiger partial charge in [-0.05, 0) is 19.1 Å². The Morgan fingerprint density at radius 3 is 2.39 bits per heavy atom. The lowest BCUT2D eigenvalue weighted by Gasteiger charge is -1.97. The molecule has 0 aliphatic carbocycles. The largest absolute Gasteiger partial charge is 0.444 e. The average molecular weight is 241 g/mol. The van der Waals surface area contributed by atoms with Crippen LogP contribution in [0.1, 0.15) is 5.69 Å². The van der Waals surface area contributed by atoms with E-state index in [1.807, 2.05) is 31.2 Å². The van der Waals surface area contributed by atoms with Crippen LogP contribution in [-0.4, -0.2) is 10.1 Å². The summed E-state index contributed by atoms with van der Waals surface area (Å²) in [6.07, 6.45) is 1.63. The molecule has 3 aromatic rings. The number of nitrogens with two attached hydrogens (primary N) is 1. The minimum Gasteiger partial charge on any atom is -0.444 e. The Hall–Kier alpha value is -2.56. The number of oxazole rings is 1. The van der Waals surface area contributed by atoms with Crippen LogP contribution in [-0.2, 0) is 0 Å². The Kier molecular flexibility index (Phi) is 2.37. The number of hydrogen-bond acceptors (Lipinski definition) is 5. The molecule has 5 nitrogen and oxygen atoms in total. The summed E-state index contributed by atoms with van der Waals surface area (Å²) < 4.78 is 10.4. The van der Waals surface area contributed by atoms with Crippen molar-refractivity contribution < 1.29 is 8.94 Å². The molecule has 0 aliphatic rings. The minimum atomic E-state index is 0.373. The van der Waals surface area contributed by atoms with E-state index in [4.69, 9.17) is 14.7 Å². The molecule has 2 heterocycles.